The largest absolute Gasteiger partial charge is 0.334 e. The fourth-order valence-corrected chi connectivity index (χ4v) is 10.3. The molecule has 0 bridgehead atoms. The summed E-state index contributed by atoms with van der Waals surface area (Å²) in [5.41, 5.74) is 14.8. The third-order valence-corrected chi connectivity index (χ3v) is 13.7. The van der Waals surface area contributed by atoms with Crippen molar-refractivity contribution in [1.82, 2.24) is 4.57 Å². The fraction of sp³-hybridized carbons (Fsp3) is 0.125. The van der Waals surface area contributed by atoms with Gasteiger partial charge in [0.05, 0.1) is 23.1 Å². The molecule has 5 unspecified atom stereocenters. The predicted octanol–water partition coefficient (Wildman–Crippen LogP) is 15.8. The van der Waals surface area contributed by atoms with E-state index >= 15 is 0 Å². The summed E-state index contributed by atoms with van der Waals surface area (Å²) in [7, 11) is 0. The Morgan fingerprint density at radius 3 is 2.16 bits per heavy atom. The summed E-state index contributed by atoms with van der Waals surface area (Å²) in [5.74, 6) is 0.749. The van der Waals surface area contributed by atoms with E-state index in [0.29, 0.717) is 12.3 Å². The molecular weight excluding hydrogens is 825 g/mol. The van der Waals surface area contributed by atoms with Crippen LogP contribution >= 0.6 is 0 Å². The van der Waals surface area contributed by atoms with Crippen LogP contribution in [0.15, 0.2) is 243 Å². The number of hydrogen-bond acceptors (Lipinski definition) is 3. The monoisotopic (exact) mass is 880 g/mol. The molecule has 1 aromatic heterocycles. The lowest BCUT2D eigenvalue weighted by Gasteiger charge is -2.29. The molecule has 0 saturated heterocycles. The quantitative estimate of drug-likeness (QED) is 0.0810. The van der Waals surface area contributed by atoms with Crippen molar-refractivity contribution < 1.29 is 0 Å². The highest BCUT2D eigenvalue weighted by molar-refractivity contribution is 6.10. The first kappa shape index (κ1) is 43.8. The molecule has 4 nitrogen and oxygen atoms in total. The maximum atomic E-state index is 8.00. The van der Waals surface area contributed by atoms with E-state index in [9.17, 15) is 0 Å². The normalized spacial score (nSPS) is 20.3. The second-order valence-electron chi connectivity index (χ2n) is 17.9. The number of aromatic nitrogens is 1. The van der Waals surface area contributed by atoms with Crippen LogP contribution < -0.4 is 4.90 Å². The van der Waals surface area contributed by atoms with Crippen LogP contribution in [0.4, 0.5) is 5.69 Å². The Labute approximate surface area is 401 Å². The number of hydrogen-bond donors (Lipinski definition) is 1. The maximum absolute atomic E-state index is 8.00. The summed E-state index contributed by atoms with van der Waals surface area (Å²) < 4.78 is 2.23. The number of fused-ring (bicyclic) bond motifs is 6. The molecule has 0 spiro atoms. The van der Waals surface area contributed by atoms with E-state index in [-0.39, 0.29) is 23.9 Å². The van der Waals surface area contributed by atoms with Gasteiger partial charge >= 0.3 is 0 Å². The van der Waals surface area contributed by atoms with Crippen molar-refractivity contribution in [2.24, 2.45) is 16.8 Å². The first-order valence-electron chi connectivity index (χ1n) is 23.8. The Balaban J connectivity index is 0.754. The number of anilines is 1. The molecule has 0 fully saturated rings. The summed E-state index contributed by atoms with van der Waals surface area (Å²) >= 11 is 0. The van der Waals surface area contributed by atoms with Gasteiger partial charge in [-0.3, -0.25) is 4.99 Å². The van der Waals surface area contributed by atoms with E-state index in [1.54, 1.807) is 0 Å². The molecule has 332 valence electrons. The molecule has 68 heavy (non-hydrogen) atoms. The fourth-order valence-electron chi connectivity index (χ4n) is 10.3. The first-order valence-corrected chi connectivity index (χ1v) is 23.8. The predicted molar refractivity (Wildman–Crippen MR) is 293 cm³/mol. The first-order chi connectivity index (χ1) is 33.5. The minimum Gasteiger partial charge on any atom is -0.334 e. The van der Waals surface area contributed by atoms with E-state index in [2.05, 4.69) is 248 Å². The van der Waals surface area contributed by atoms with Gasteiger partial charge in [0.25, 0.3) is 0 Å². The van der Waals surface area contributed by atoms with Crippen LogP contribution in [-0.2, 0) is 0 Å². The van der Waals surface area contributed by atoms with Gasteiger partial charge in [0.1, 0.15) is 0 Å². The van der Waals surface area contributed by atoms with Crippen LogP contribution in [0.5, 0.6) is 0 Å². The highest BCUT2D eigenvalue weighted by Gasteiger charge is 2.37. The molecule has 1 aliphatic heterocycles. The molecule has 4 heteroatoms. The highest BCUT2D eigenvalue weighted by Crippen LogP contribution is 2.46. The number of nitrogens with one attached hydrogen (secondary N) is 1. The molecule has 5 aromatic carbocycles. The molecule has 0 saturated carbocycles. The molecular formula is C64H56N4. The molecule has 6 aromatic rings. The zero-order chi connectivity index (χ0) is 46.4. The Morgan fingerprint density at radius 1 is 0.721 bits per heavy atom. The van der Waals surface area contributed by atoms with Crippen molar-refractivity contribution in [3.63, 3.8) is 0 Å². The van der Waals surface area contributed by atoms with Crippen LogP contribution in [0, 0.1) is 17.2 Å². The second-order valence-corrected chi connectivity index (χ2v) is 17.9. The van der Waals surface area contributed by atoms with Crippen molar-refractivity contribution in [3.05, 3.63) is 266 Å². The van der Waals surface area contributed by atoms with Crippen molar-refractivity contribution >= 4 is 68.4 Å². The van der Waals surface area contributed by atoms with Gasteiger partial charge < -0.3 is 14.9 Å². The third-order valence-electron chi connectivity index (χ3n) is 13.7. The topological polar surface area (TPSA) is 44.4 Å². The number of rotatable bonds is 15. The van der Waals surface area contributed by atoms with Gasteiger partial charge in [0.2, 0.25) is 0 Å². The molecule has 3 aliphatic carbocycles. The average Bonchev–Trinajstić information content (AvgIpc) is 3.92. The van der Waals surface area contributed by atoms with E-state index < -0.39 is 0 Å². The van der Waals surface area contributed by atoms with Gasteiger partial charge in [-0.05, 0) is 106 Å². The standard InChI is InChI=1S/C64H56N4/c1-4-49(41-46(3)68-63-29-13-9-25-58(63)59-26-10-14-30-64(59)68)54-21-16-22-55(43-54)51-35-37-52(38-36-51)60(39-40-65)66-44-48-31-33-50(34-32-48)53-20-15-19-47(42-53)18-6-5-17-45(2)67-61-27-11-7-23-56(61)57-24-8-12-28-62(57)67/h4-31,33-37,40-44,48,52,58,60,63,65H,1-3,32,38-39H2/b17-5-,18-6+,49-41+,65-40?,66-44?. The van der Waals surface area contributed by atoms with E-state index in [1.807, 2.05) is 6.08 Å². The van der Waals surface area contributed by atoms with Gasteiger partial charge in [-0.25, -0.2) is 0 Å². The third kappa shape index (κ3) is 8.94. The molecule has 2 heterocycles. The summed E-state index contributed by atoms with van der Waals surface area (Å²) in [6.45, 7) is 13.2. The van der Waals surface area contributed by atoms with Crippen molar-refractivity contribution in [2.75, 3.05) is 4.90 Å². The lowest BCUT2D eigenvalue weighted by atomic mass is 9.86. The zero-order valence-electron chi connectivity index (χ0n) is 38.4. The summed E-state index contributed by atoms with van der Waals surface area (Å²) in [5, 5.41) is 10.5. The summed E-state index contributed by atoms with van der Waals surface area (Å²) in [6.07, 6.45) is 41.0. The van der Waals surface area contributed by atoms with Crippen LogP contribution in [0.2, 0.25) is 0 Å². The van der Waals surface area contributed by atoms with Crippen LogP contribution in [0.3, 0.4) is 0 Å². The lowest BCUT2D eigenvalue weighted by molar-refractivity contribution is 0.521. The Bertz CT molecular complexity index is 3220. The number of nitrogens with zero attached hydrogens (tertiary/aromatic N) is 3. The van der Waals surface area contributed by atoms with Crippen LogP contribution in [-0.4, -0.2) is 29.1 Å². The lowest BCUT2D eigenvalue weighted by Crippen LogP contribution is -2.31. The average molecular weight is 881 g/mol. The minimum absolute atomic E-state index is 0.00875. The molecule has 4 aliphatic rings. The highest BCUT2D eigenvalue weighted by atomic mass is 15.2. The van der Waals surface area contributed by atoms with Crippen molar-refractivity contribution in [1.29, 1.82) is 5.41 Å². The molecule has 10 rings (SSSR count). The Hall–Kier alpha value is -8.08. The van der Waals surface area contributed by atoms with Gasteiger partial charge in [0.15, 0.2) is 0 Å². The number of aliphatic imine (C=N–C) groups is 1. The number of allylic oxidation sites excluding steroid dienone is 16. The molecule has 1 N–H and O–H groups in total. The second kappa shape index (κ2) is 19.8. The SMILES string of the molecule is C=C/C(=C\C(=C)N1c2ccccc2C2C=CC=CC21)c1cccc(C2=CCC(C(CC=N)N=CC3C=CC(c4cccc(/C=C/C=C\C(=C)n5c6ccccc6c6ccccc65)c4)=CC3)C=C2)c1. The summed E-state index contributed by atoms with van der Waals surface area (Å²) in [4.78, 5) is 7.48. The minimum atomic E-state index is 0.00875. The molecule has 0 amide bonds. The molecule has 5 atom stereocenters. The maximum Gasteiger partial charge on any atom is 0.0629 e. The number of benzene rings is 5. The van der Waals surface area contributed by atoms with E-state index in [0.717, 1.165) is 52.0 Å². The Morgan fingerprint density at radius 2 is 1.43 bits per heavy atom. The van der Waals surface area contributed by atoms with Gasteiger partial charge in [0, 0.05) is 58.2 Å². The van der Waals surface area contributed by atoms with Gasteiger partial charge in [-0.15, -0.1) is 0 Å². The van der Waals surface area contributed by atoms with Gasteiger partial charge in [-0.2, -0.15) is 0 Å². The van der Waals surface area contributed by atoms with Crippen molar-refractivity contribution in [3.8, 4) is 0 Å². The smallest absolute Gasteiger partial charge is 0.0629 e. The molecule has 0 radical (unpaired) electrons. The van der Waals surface area contributed by atoms with Crippen LogP contribution in [0.1, 0.15) is 53.0 Å². The van der Waals surface area contributed by atoms with Gasteiger partial charge in [-0.1, -0.05) is 196 Å². The van der Waals surface area contributed by atoms with Crippen LogP contribution in [0.25, 0.3) is 50.3 Å². The van der Waals surface area contributed by atoms with Crippen molar-refractivity contribution in [2.45, 2.75) is 37.3 Å². The number of para-hydroxylation sites is 3. The van der Waals surface area contributed by atoms with E-state index in [4.69, 9.17) is 10.4 Å². The van der Waals surface area contributed by atoms with E-state index in [1.165, 1.54) is 50.5 Å². The zero-order valence-corrected chi connectivity index (χ0v) is 38.4. The Kier molecular flexibility index (Phi) is 12.8. The summed E-state index contributed by atoms with van der Waals surface area (Å²) in [6, 6.07) is 43.3.